The molecule has 0 bridgehead atoms. The van der Waals surface area contributed by atoms with Gasteiger partial charge in [0.1, 0.15) is 0 Å². The smallest absolute Gasteiger partial charge is 0.189 e. The average molecular weight is 363 g/mol. The summed E-state index contributed by atoms with van der Waals surface area (Å²) in [6.45, 7) is 3.56. The number of aliphatic imine (C=N–C) groups is 1. The van der Waals surface area contributed by atoms with Crippen LogP contribution in [-0.4, -0.2) is 21.8 Å². The normalized spacial score (nSPS) is 16.6. The van der Waals surface area contributed by atoms with Crippen LogP contribution in [0.5, 0.6) is 0 Å². The van der Waals surface area contributed by atoms with Gasteiger partial charge >= 0.3 is 0 Å². The first-order valence-corrected chi connectivity index (χ1v) is 6.35. The van der Waals surface area contributed by atoms with Crippen molar-refractivity contribution < 1.29 is 0 Å². The SMILES string of the molecule is CCn1cc(CN=C(N)NC2CCCC2)cn1.I. The highest BCUT2D eigenvalue weighted by molar-refractivity contribution is 14.0. The Morgan fingerprint density at radius 1 is 1.56 bits per heavy atom. The second-order valence-corrected chi connectivity index (χ2v) is 4.53. The van der Waals surface area contributed by atoms with E-state index in [0.717, 1.165) is 12.1 Å². The molecule has 0 amide bonds. The van der Waals surface area contributed by atoms with Crippen molar-refractivity contribution in [1.29, 1.82) is 0 Å². The minimum Gasteiger partial charge on any atom is -0.370 e. The molecule has 1 aromatic rings. The molecule has 0 spiro atoms. The summed E-state index contributed by atoms with van der Waals surface area (Å²) in [5, 5.41) is 7.47. The van der Waals surface area contributed by atoms with Crippen LogP contribution in [0.1, 0.15) is 38.2 Å². The van der Waals surface area contributed by atoms with Crippen LogP contribution >= 0.6 is 24.0 Å². The molecule has 1 saturated carbocycles. The van der Waals surface area contributed by atoms with Crippen molar-refractivity contribution in [3.63, 3.8) is 0 Å². The predicted octanol–water partition coefficient (Wildman–Crippen LogP) is 1.87. The molecule has 2 rings (SSSR count). The van der Waals surface area contributed by atoms with E-state index in [-0.39, 0.29) is 24.0 Å². The highest BCUT2D eigenvalue weighted by atomic mass is 127. The molecule has 0 aromatic carbocycles. The summed E-state index contributed by atoms with van der Waals surface area (Å²) in [6.07, 6.45) is 8.87. The fraction of sp³-hybridized carbons (Fsp3) is 0.667. The fourth-order valence-corrected chi connectivity index (χ4v) is 2.16. The second-order valence-electron chi connectivity index (χ2n) is 4.53. The lowest BCUT2D eigenvalue weighted by atomic mass is 10.2. The van der Waals surface area contributed by atoms with Gasteiger partial charge in [0, 0.05) is 24.3 Å². The minimum absolute atomic E-state index is 0. The average Bonchev–Trinajstić information content (AvgIpc) is 2.96. The Balaban J connectivity index is 0.00000162. The van der Waals surface area contributed by atoms with Crippen LogP contribution in [0.2, 0.25) is 0 Å². The number of guanidine groups is 1. The molecule has 5 nitrogen and oxygen atoms in total. The molecule has 1 aliphatic rings. The summed E-state index contributed by atoms with van der Waals surface area (Å²) in [7, 11) is 0. The van der Waals surface area contributed by atoms with Crippen molar-refractivity contribution in [2.45, 2.75) is 51.7 Å². The zero-order valence-corrected chi connectivity index (χ0v) is 13.1. The number of aromatic nitrogens is 2. The molecule has 1 heterocycles. The van der Waals surface area contributed by atoms with Gasteiger partial charge in [0.2, 0.25) is 0 Å². The Bertz CT molecular complexity index is 382. The van der Waals surface area contributed by atoms with Crippen LogP contribution in [0.4, 0.5) is 0 Å². The van der Waals surface area contributed by atoms with Gasteiger partial charge in [-0.25, -0.2) is 4.99 Å². The van der Waals surface area contributed by atoms with Gasteiger partial charge in [0.25, 0.3) is 0 Å². The third-order valence-corrected chi connectivity index (χ3v) is 3.15. The molecule has 0 aliphatic heterocycles. The van der Waals surface area contributed by atoms with Gasteiger partial charge in [-0.3, -0.25) is 4.68 Å². The molecule has 0 atom stereocenters. The number of nitrogens with zero attached hydrogens (tertiary/aromatic N) is 3. The number of rotatable bonds is 4. The standard InChI is InChI=1S/C12H21N5.HI/c1-2-17-9-10(8-15-17)7-14-12(13)16-11-5-3-4-6-11;/h8-9,11H,2-7H2,1H3,(H3,13,14,16);1H. The largest absolute Gasteiger partial charge is 0.370 e. The van der Waals surface area contributed by atoms with Crippen molar-refractivity contribution in [3.8, 4) is 0 Å². The van der Waals surface area contributed by atoms with Crippen molar-refractivity contribution >= 4 is 29.9 Å². The molecular formula is C12H22IN5. The lowest BCUT2D eigenvalue weighted by Gasteiger charge is -2.11. The third-order valence-electron chi connectivity index (χ3n) is 3.15. The molecule has 0 radical (unpaired) electrons. The number of halogens is 1. The molecule has 1 aliphatic carbocycles. The van der Waals surface area contributed by atoms with Gasteiger partial charge in [0.15, 0.2) is 5.96 Å². The van der Waals surface area contributed by atoms with E-state index in [1.54, 1.807) is 0 Å². The zero-order valence-electron chi connectivity index (χ0n) is 10.8. The number of hydrogen-bond donors (Lipinski definition) is 2. The summed E-state index contributed by atoms with van der Waals surface area (Å²) >= 11 is 0. The first kappa shape index (κ1) is 15.3. The Morgan fingerprint density at radius 2 is 2.28 bits per heavy atom. The van der Waals surface area contributed by atoms with E-state index in [9.17, 15) is 0 Å². The summed E-state index contributed by atoms with van der Waals surface area (Å²) in [5.41, 5.74) is 6.95. The van der Waals surface area contributed by atoms with E-state index in [1.807, 2.05) is 17.1 Å². The summed E-state index contributed by atoms with van der Waals surface area (Å²) in [6, 6.07) is 0.525. The highest BCUT2D eigenvalue weighted by Crippen LogP contribution is 2.17. The number of hydrogen-bond acceptors (Lipinski definition) is 2. The molecular weight excluding hydrogens is 341 g/mol. The van der Waals surface area contributed by atoms with Gasteiger partial charge in [-0.1, -0.05) is 12.8 Å². The van der Waals surface area contributed by atoms with Crippen LogP contribution < -0.4 is 11.1 Å². The lowest BCUT2D eigenvalue weighted by molar-refractivity contribution is 0.625. The van der Waals surface area contributed by atoms with E-state index in [4.69, 9.17) is 5.73 Å². The molecule has 18 heavy (non-hydrogen) atoms. The molecule has 102 valence electrons. The van der Waals surface area contributed by atoms with Crippen LogP contribution in [0.15, 0.2) is 17.4 Å². The van der Waals surface area contributed by atoms with Gasteiger partial charge in [0.05, 0.1) is 12.7 Å². The molecule has 6 heteroatoms. The molecule has 1 aromatic heterocycles. The maximum Gasteiger partial charge on any atom is 0.189 e. The Labute approximate surface area is 125 Å². The van der Waals surface area contributed by atoms with Crippen LogP contribution in [-0.2, 0) is 13.1 Å². The van der Waals surface area contributed by atoms with E-state index in [0.29, 0.717) is 18.5 Å². The number of nitrogens with one attached hydrogen (secondary N) is 1. The first-order valence-electron chi connectivity index (χ1n) is 6.35. The van der Waals surface area contributed by atoms with Crippen molar-refractivity contribution in [1.82, 2.24) is 15.1 Å². The van der Waals surface area contributed by atoms with Crippen molar-refractivity contribution in [2.24, 2.45) is 10.7 Å². The van der Waals surface area contributed by atoms with Gasteiger partial charge in [-0.2, -0.15) is 5.10 Å². The topological polar surface area (TPSA) is 68.2 Å². The van der Waals surface area contributed by atoms with Crippen LogP contribution in [0.3, 0.4) is 0 Å². The Hall–Kier alpha value is -0.790. The van der Waals surface area contributed by atoms with Gasteiger partial charge in [-0.05, 0) is 19.8 Å². The molecule has 0 saturated heterocycles. The molecule has 1 fully saturated rings. The summed E-state index contributed by atoms with van der Waals surface area (Å²) < 4.78 is 1.89. The molecule has 3 N–H and O–H groups in total. The first-order chi connectivity index (χ1) is 8.28. The van der Waals surface area contributed by atoms with E-state index < -0.39 is 0 Å². The monoisotopic (exact) mass is 363 g/mol. The minimum atomic E-state index is 0. The number of nitrogens with two attached hydrogens (primary N) is 1. The van der Waals surface area contributed by atoms with Crippen LogP contribution in [0.25, 0.3) is 0 Å². The van der Waals surface area contributed by atoms with E-state index in [1.165, 1.54) is 25.7 Å². The maximum atomic E-state index is 5.85. The van der Waals surface area contributed by atoms with Crippen molar-refractivity contribution in [2.75, 3.05) is 0 Å². The second kappa shape index (κ2) is 7.60. The summed E-state index contributed by atoms with van der Waals surface area (Å²) in [5.74, 6) is 0.557. The quantitative estimate of drug-likeness (QED) is 0.488. The van der Waals surface area contributed by atoms with E-state index >= 15 is 0 Å². The Morgan fingerprint density at radius 3 is 2.89 bits per heavy atom. The fourth-order valence-electron chi connectivity index (χ4n) is 2.16. The van der Waals surface area contributed by atoms with Gasteiger partial charge < -0.3 is 11.1 Å². The maximum absolute atomic E-state index is 5.85. The number of aryl methyl sites for hydroxylation is 1. The van der Waals surface area contributed by atoms with Gasteiger partial charge in [-0.15, -0.1) is 24.0 Å². The molecule has 0 unspecified atom stereocenters. The van der Waals surface area contributed by atoms with E-state index in [2.05, 4.69) is 22.3 Å². The third kappa shape index (κ3) is 4.47. The van der Waals surface area contributed by atoms with Crippen molar-refractivity contribution in [3.05, 3.63) is 18.0 Å². The zero-order chi connectivity index (χ0) is 12.1. The predicted molar refractivity (Wildman–Crippen MR) is 84.0 cm³/mol. The Kier molecular flexibility index (Phi) is 6.45. The lowest BCUT2D eigenvalue weighted by Crippen LogP contribution is -2.38. The highest BCUT2D eigenvalue weighted by Gasteiger charge is 2.14. The summed E-state index contributed by atoms with van der Waals surface area (Å²) in [4.78, 5) is 4.34. The van der Waals surface area contributed by atoms with Crippen LogP contribution in [0, 0.1) is 0 Å².